The second-order valence-electron chi connectivity index (χ2n) is 4.77. The fourth-order valence-corrected chi connectivity index (χ4v) is 2.31. The summed E-state index contributed by atoms with van der Waals surface area (Å²) >= 11 is 0. The van der Waals surface area contributed by atoms with E-state index < -0.39 is 0 Å². The summed E-state index contributed by atoms with van der Waals surface area (Å²) < 4.78 is 7.01. The molecule has 4 heteroatoms. The van der Waals surface area contributed by atoms with Crippen molar-refractivity contribution < 1.29 is 9.53 Å². The highest BCUT2D eigenvalue weighted by Gasteiger charge is 2.17. The first-order valence-corrected chi connectivity index (χ1v) is 7.15. The molecule has 3 rings (SSSR count). The lowest BCUT2D eigenvalue weighted by molar-refractivity contribution is 0.0527. The molecule has 110 valence electrons. The molecule has 0 saturated carbocycles. The van der Waals surface area contributed by atoms with Crippen LogP contribution < -0.4 is 0 Å². The standard InChI is InChI=1S/C18H16N2O2/c1-2-22-18(21)16-13-20(17-10-6-7-11-19-17)12-15(16)14-8-4-3-5-9-14/h3-13H,2H2,1H3. The van der Waals surface area contributed by atoms with Crippen LogP contribution in [0.5, 0.6) is 0 Å². The van der Waals surface area contributed by atoms with Gasteiger partial charge in [-0.1, -0.05) is 36.4 Å². The lowest BCUT2D eigenvalue weighted by Crippen LogP contribution is -2.04. The SMILES string of the molecule is CCOC(=O)c1cn(-c2ccccn2)cc1-c1ccccc1. The van der Waals surface area contributed by atoms with Gasteiger partial charge in [0.1, 0.15) is 5.82 Å². The Bertz CT molecular complexity index is 764. The van der Waals surface area contributed by atoms with E-state index in [1.165, 1.54) is 0 Å². The Morgan fingerprint density at radius 3 is 2.55 bits per heavy atom. The number of hydrogen-bond acceptors (Lipinski definition) is 3. The monoisotopic (exact) mass is 292 g/mol. The molecule has 0 aliphatic rings. The van der Waals surface area contributed by atoms with Crippen LogP contribution in [0, 0.1) is 0 Å². The highest BCUT2D eigenvalue weighted by Crippen LogP contribution is 2.26. The van der Waals surface area contributed by atoms with E-state index >= 15 is 0 Å². The highest BCUT2D eigenvalue weighted by molar-refractivity contribution is 5.97. The van der Waals surface area contributed by atoms with Crippen LogP contribution in [-0.4, -0.2) is 22.1 Å². The molecule has 1 aromatic carbocycles. The van der Waals surface area contributed by atoms with Crippen LogP contribution >= 0.6 is 0 Å². The number of hydrogen-bond donors (Lipinski definition) is 0. The molecule has 0 radical (unpaired) electrons. The van der Waals surface area contributed by atoms with E-state index in [1.807, 2.05) is 59.3 Å². The van der Waals surface area contributed by atoms with Crippen molar-refractivity contribution in [1.29, 1.82) is 0 Å². The molecule has 0 aliphatic heterocycles. The molecular formula is C18H16N2O2. The Balaban J connectivity index is 2.11. The molecule has 2 heterocycles. The molecule has 0 N–H and O–H groups in total. The van der Waals surface area contributed by atoms with Crippen LogP contribution in [0.4, 0.5) is 0 Å². The van der Waals surface area contributed by atoms with Gasteiger partial charge in [0.2, 0.25) is 0 Å². The molecular weight excluding hydrogens is 276 g/mol. The van der Waals surface area contributed by atoms with E-state index in [0.29, 0.717) is 12.2 Å². The Hall–Kier alpha value is -2.88. The fraction of sp³-hybridized carbons (Fsp3) is 0.111. The molecule has 0 amide bonds. The van der Waals surface area contributed by atoms with Gasteiger partial charge in [0.25, 0.3) is 0 Å². The zero-order valence-electron chi connectivity index (χ0n) is 12.3. The van der Waals surface area contributed by atoms with Crippen molar-refractivity contribution in [2.45, 2.75) is 6.92 Å². The Morgan fingerprint density at radius 2 is 1.86 bits per heavy atom. The van der Waals surface area contributed by atoms with Gasteiger partial charge in [-0.3, -0.25) is 0 Å². The number of ether oxygens (including phenoxy) is 1. The van der Waals surface area contributed by atoms with E-state index in [-0.39, 0.29) is 5.97 Å². The van der Waals surface area contributed by atoms with E-state index in [2.05, 4.69) is 4.98 Å². The first-order chi connectivity index (χ1) is 10.8. The van der Waals surface area contributed by atoms with Gasteiger partial charge < -0.3 is 9.30 Å². The normalized spacial score (nSPS) is 10.4. The van der Waals surface area contributed by atoms with E-state index in [9.17, 15) is 4.79 Å². The Kier molecular flexibility index (Phi) is 4.01. The van der Waals surface area contributed by atoms with Crippen LogP contribution in [0.1, 0.15) is 17.3 Å². The van der Waals surface area contributed by atoms with Crippen molar-refractivity contribution >= 4 is 5.97 Å². The maximum atomic E-state index is 12.2. The summed E-state index contributed by atoms with van der Waals surface area (Å²) in [5.74, 6) is 0.436. The lowest BCUT2D eigenvalue weighted by atomic mass is 10.1. The average molecular weight is 292 g/mol. The smallest absolute Gasteiger partial charge is 0.340 e. The summed E-state index contributed by atoms with van der Waals surface area (Å²) in [6.07, 6.45) is 5.40. The topological polar surface area (TPSA) is 44.1 Å². The molecule has 0 unspecified atom stereocenters. The number of rotatable bonds is 4. The molecule has 0 spiro atoms. The number of carbonyl (C=O) groups is 1. The number of carbonyl (C=O) groups excluding carboxylic acids is 1. The van der Waals surface area contributed by atoms with Crippen LogP contribution in [-0.2, 0) is 4.74 Å². The molecule has 0 bridgehead atoms. The number of esters is 1. The number of aromatic nitrogens is 2. The minimum atomic E-state index is -0.323. The second kappa shape index (κ2) is 6.26. The third kappa shape index (κ3) is 2.76. The Morgan fingerprint density at radius 1 is 1.09 bits per heavy atom. The zero-order chi connectivity index (χ0) is 15.4. The van der Waals surface area contributed by atoms with Gasteiger partial charge in [0.05, 0.1) is 12.2 Å². The fourth-order valence-electron chi connectivity index (χ4n) is 2.31. The summed E-state index contributed by atoms with van der Waals surface area (Å²) in [5, 5.41) is 0. The summed E-state index contributed by atoms with van der Waals surface area (Å²) in [6, 6.07) is 15.4. The van der Waals surface area contributed by atoms with Gasteiger partial charge in [-0.15, -0.1) is 0 Å². The molecule has 4 nitrogen and oxygen atoms in total. The molecule has 0 atom stereocenters. The van der Waals surface area contributed by atoms with Crippen molar-refractivity contribution in [2.75, 3.05) is 6.61 Å². The lowest BCUT2D eigenvalue weighted by Gasteiger charge is -2.03. The third-order valence-electron chi connectivity index (χ3n) is 3.32. The van der Waals surface area contributed by atoms with Crippen molar-refractivity contribution in [3.63, 3.8) is 0 Å². The molecule has 22 heavy (non-hydrogen) atoms. The molecule has 3 aromatic rings. The quantitative estimate of drug-likeness (QED) is 0.688. The minimum absolute atomic E-state index is 0.323. The van der Waals surface area contributed by atoms with E-state index in [4.69, 9.17) is 4.74 Å². The van der Waals surface area contributed by atoms with Crippen LogP contribution in [0.15, 0.2) is 67.1 Å². The van der Waals surface area contributed by atoms with Gasteiger partial charge in [0.15, 0.2) is 0 Å². The van der Waals surface area contributed by atoms with Gasteiger partial charge in [-0.2, -0.15) is 0 Å². The van der Waals surface area contributed by atoms with Crippen molar-refractivity contribution in [2.24, 2.45) is 0 Å². The summed E-state index contributed by atoms with van der Waals surface area (Å²) in [6.45, 7) is 2.15. The van der Waals surface area contributed by atoms with Crippen molar-refractivity contribution in [3.05, 3.63) is 72.7 Å². The molecule has 0 saturated heterocycles. The first-order valence-electron chi connectivity index (χ1n) is 7.15. The van der Waals surface area contributed by atoms with Gasteiger partial charge >= 0.3 is 5.97 Å². The maximum Gasteiger partial charge on any atom is 0.340 e. The van der Waals surface area contributed by atoms with Crippen LogP contribution in [0.3, 0.4) is 0 Å². The van der Waals surface area contributed by atoms with Crippen LogP contribution in [0.25, 0.3) is 16.9 Å². The van der Waals surface area contributed by atoms with Crippen molar-refractivity contribution in [1.82, 2.24) is 9.55 Å². The van der Waals surface area contributed by atoms with Crippen molar-refractivity contribution in [3.8, 4) is 16.9 Å². The average Bonchev–Trinajstić information content (AvgIpc) is 3.02. The van der Waals surface area contributed by atoms with Gasteiger partial charge in [-0.05, 0) is 24.6 Å². The molecule has 0 aliphatic carbocycles. The summed E-state index contributed by atoms with van der Waals surface area (Å²) in [4.78, 5) is 16.5. The van der Waals surface area contributed by atoms with Gasteiger partial charge in [-0.25, -0.2) is 9.78 Å². The largest absolute Gasteiger partial charge is 0.462 e. The Labute approximate surface area is 129 Å². The zero-order valence-corrected chi connectivity index (χ0v) is 12.3. The predicted molar refractivity (Wildman–Crippen MR) is 85.0 cm³/mol. The minimum Gasteiger partial charge on any atom is -0.462 e. The number of benzene rings is 1. The molecule has 2 aromatic heterocycles. The van der Waals surface area contributed by atoms with Gasteiger partial charge in [0, 0.05) is 24.2 Å². The second-order valence-corrected chi connectivity index (χ2v) is 4.77. The third-order valence-corrected chi connectivity index (χ3v) is 3.32. The summed E-state index contributed by atoms with van der Waals surface area (Å²) in [5.41, 5.74) is 2.35. The summed E-state index contributed by atoms with van der Waals surface area (Å²) in [7, 11) is 0. The van der Waals surface area contributed by atoms with Crippen LogP contribution in [0.2, 0.25) is 0 Å². The number of nitrogens with zero attached hydrogens (tertiary/aromatic N) is 2. The maximum absolute atomic E-state index is 12.2. The number of pyridine rings is 1. The van der Waals surface area contributed by atoms with E-state index in [0.717, 1.165) is 16.9 Å². The highest BCUT2D eigenvalue weighted by atomic mass is 16.5. The predicted octanol–water partition coefficient (Wildman–Crippen LogP) is 3.72. The van der Waals surface area contributed by atoms with E-state index in [1.54, 1.807) is 19.3 Å². The molecule has 0 fully saturated rings. The first kappa shape index (κ1) is 14.1.